The van der Waals surface area contributed by atoms with Crippen molar-refractivity contribution in [2.75, 3.05) is 6.54 Å². The van der Waals surface area contributed by atoms with Gasteiger partial charge < -0.3 is 5.32 Å². The lowest BCUT2D eigenvalue weighted by molar-refractivity contribution is 0.419. The zero-order chi connectivity index (χ0) is 14.8. The van der Waals surface area contributed by atoms with Crippen LogP contribution in [0.1, 0.15) is 60.5 Å². The van der Waals surface area contributed by atoms with Crippen LogP contribution in [0.2, 0.25) is 0 Å². The summed E-state index contributed by atoms with van der Waals surface area (Å²) >= 11 is 0. The molecule has 1 aliphatic rings. The minimum absolute atomic E-state index is 0.240. The van der Waals surface area contributed by atoms with Crippen LogP contribution in [-0.4, -0.2) is 16.3 Å². The largest absolute Gasteiger partial charge is 0.306 e. The van der Waals surface area contributed by atoms with Crippen LogP contribution in [0.4, 0.5) is 0 Å². The van der Waals surface area contributed by atoms with Crippen molar-refractivity contribution in [3.05, 3.63) is 52.8 Å². The Labute approximate surface area is 127 Å². The second kappa shape index (κ2) is 6.02. The first-order valence-corrected chi connectivity index (χ1v) is 8.02. The smallest absolute Gasteiger partial charge is 0.0644 e. The third-order valence-corrected chi connectivity index (χ3v) is 4.59. The number of hydrogen-bond donors (Lipinski definition) is 1. The number of hydrogen-bond acceptors (Lipinski definition) is 2. The summed E-state index contributed by atoms with van der Waals surface area (Å²) in [6, 6.07) is 9.36. The molecule has 2 aromatic rings. The Morgan fingerprint density at radius 3 is 2.76 bits per heavy atom. The van der Waals surface area contributed by atoms with Crippen molar-refractivity contribution in [2.24, 2.45) is 7.05 Å². The molecule has 1 heterocycles. The van der Waals surface area contributed by atoms with E-state index in [1.54, 1.807) is 0 Å². The summed E-state index contributed by atoms with van der Waals surface area (Å²) in [6.07, 6.45) is 6.22. The molecule has 3 nitrogen and oxygen atoms in total. The molecule has 112 valence electrons. The molecule has 1 unspecified atom stereocenters. The van der Waals surface area contributed by atoms with Crippen LogP contribution >= 0.6 is 0 Å². The second-order valence-corrected chi connectivity index (χ2v) is 6.13. The number of nitrogens with zero attached hydrogens (tertiary/aromatic N) is 2. The molecule has 0 spiro atoms. The molecule has 3 heteroatoms. The Balaban J connectivity index is 1.95. The Hall–Kier alpha value is -1.61. The molecule has 1 atom stereocenters. The van der Waals surface area contributed by atoms with Gasteiger partial charge in [-0.05, 0) is 43.4 Å². The van der Waals surface area contributed by atoms with Crippen molar-refractivity contribution in [1.29, 1.82) is 0 Å². The highest BCUT2D eigenvalue weighted by Gasteiger charge is 2.22. The Morgan fingerprint density at radius 2 is 2.19 bits per heavy atom. The van der Waals surface area contributed by atoms with Gasteiger partial charge in [-0.25, -0.2) is 0 Å². The summed E-state index contributed by atoms with van der Waals surface area (Å²) in [4.78, 5) is 0. The fraction of sp³-hybridized carbons (Fsp3) is 0.500. The average molecular weight is 283 g/mol. The molecule has 1 aromatic heterocycles. The predicted molar refractivity (Wildman–Crippen MR) is 86.5 cm³/mol. The van der Waals surface area contributed by atoms with Gasteiger partial charge >= 0.3 is 0 Å². The molecule has 0 saturated heterocycles. The van der Waals surface area contributed by atoms with E-state index < -0.39 is 0 Å². The summed E-state index contributed by atoms with van der Waals surface area (Å²) in [5.41, 5.74) is 5.25. The van der Waals surface area contributed by atoms with Crippen molar-refractivity contribution < 1.29 is 0 Å². The van der Waals surface area contributed by atoms with Gasteiger partial charge in [-0.15, -0.1) is 0 Å². The van der Waals surface area contributed by atoms with E-state index >= 15 is 0 Å². The van der Waals surface area contributed by atoms with E-state index in [1.165, 1.54) is 36.0 Å². The first-order chi connectivity index (χ1) is 10.2. The van der Waals surface area contributed by atoms with Gasteiger partial charge in [-0.2, -0.15) is 5.10 Å². The summed E-state index contributed by atoms with van der Waals surface area (Å²) < 4.78 is 1.91. The van der Waals surface area contributed by atoms with E-state index in [-0.39, 0.29) is 6.04 Å². The van der Waals surface area contributed by atoms with E-state index in [0.717, 1.165) is 18.2 Å². The van der Waals surface area contributed by atoms with Gasteiger partial charge in [-0.1, -0.05) is 37.6 Å². The Morgan fingerprint density at radius 1 is 1.38 bits per heavy atom. The zero-order valence-corrected chi connectivity index (χ0v) is 13.3. The lowest BCUT2D eigenvalue weighted by Gasteiger charge is -2.27. The first kappa shape index (κ1) is 14.3. The summed E-state index contributed by atoms with van der Waals surface area (Å²) in [5, 5.41) is 8.12. The SMILES string of the molecule is CCNC(c1cccc(C2CCC2)c1)c1cn(C)nc1C. The number of nitrogens with one attached hydrogen (secondary N) is 1. The molecule has 1 saturated carbocycles. The molecule has 0 amide bonds. The Bertz CT molecular complexity index is 611. The van der Waals surface area contributed by atoms with Crippen LogP contribution in [0.15, 0.2) is 30.5 Å². The van der Waals surface area contributed by atoms with Gasteiger partial charge in [-0.3, -0.25) is 4.68 Å². The molecule has 3 rings (SSSR count). The average Bonchev–Trinajstić information content (AvgIpc) is 2.73. The molecular weight excluding hydrogens is 258 g/mol. The number of benzene rings is 1. The van der Waals surface area contributed by atoms with E-state index in [9.17, 15) is 0 Å². The van der Waals surface area contributed by atoms with Crippen molar-refractivity contribution in [3.63, 3.8) is 0 Å². The normalized spacial score (nSPS) is 16.7. The molecule has 0 bridgehead atoms. The highest BCUT2D eigenvalue weighted by atomic mass is 15.3. The van der Waals surface area contributed by atoms with E-state index in [0.29, 0.717) is 0 Å². The fourth-order valence-electron chi connectivity index (χ4n) is 3.25. The molecule has 0 radical (unpaired) electrons. The zero-order valence-electron chi connectivity index (χ0n) is 13.3. The van der Waals surface area contributed by atoms with E-state index in [4.69, 9.17) is 0 Å². The summed E-state index contributed by atoms with van der Waals surface area (Å²) in [7, 11) is 1.99. The standard InChI is InChI=1S/C18H25N3/c1-4-19-18(17-12-21(3)20-13(17)2)16-10-6-9-15(11-16)14-7-5-8-14/h6,9-12,14,18-19H,4-5,7-8H2,1-3H3. The van der Waals surface area contributed by atoms with Crippen LogP contribution < -0.4 is 5.32 Å². The van der Waals surface area contributed by atoms with Gasteiger partial charge in [0.2, 0.25) is 0 Å². The van der Waals surface area contributed by atoms with Gasteiger partial charge in [0, 0.05) is 18.8 Å². The van der Waals surface area contributed by atoms with Crippen LogP contribution in [0.3, 0.4) is 0 Å². The maximum atomic E-state index is 4.50. The molecule has 1 aliphatic carbocycles. The van der Waals surface area contributed by atoms with Crippen molar-refractivity contribution in [2.45, 2.75) is 45.1 Å². The van der Waals surface area contributed by atoms with Crippen LogP contribution in [-0.2, 0) is 7.05 Å². The molecular formula is C18H25N3. The Kier molecular flexibility index (Phi) is 4.11. The molecule has 0 aliphatic heterocycles. The van der Waals surface area contributed by atoms with Crippen LogP contribution in [0, 0.1) is 6.92 Å². The number of aromatic nitrogens is 2. The second-order valence-electron chi connectivity index (χ2n) is 6.13. The van der Waals surface area contributed by atoms with Gasteiger partial charge in [0.1, 0.15) is 0 Å². The van der Waals surface area contributed by atoms with E-state index in [2.05, 4.69) is 54.7 Å². The predicted octanol–water partition coefficient (Wildman–Crippen LogP) is 3.69. The number of rotatable bonds is 5. The molecule has 1 fully saturated rings. The van der Waals surface area contributed by atoms with E-state index in [1.807, 2.05) is 11.7 Å². The minimum Gasteiger partial charge on any atom is -0.306 e. The lowest BCUT2D eigenvalue weighted by atomic mass is 9.79. The topological polar surface area (TPSA) is 29.9 Å². The molecule has 1 N–H and O–H groups in total. The first-order valence-electron chi connectivity index (χ1n) is 8.02. The molecule has 21 heavy (non-hydrogen) atoms. The van der Waals surface area contributed by atoms with Gasteiger partial charge in [0.05, 0.1) is 11.7 Å². The fourth-order valence-corrected chi connectivity index (χ4v) is 3.25. The maximum absolute atomic E-state index is 4.50. The van der Waals surface area contributed by atoms with Crippen LogP contribution in [0.5, 0.6) is 0 Å². The minimum atomic E-state index is 0.240. The van der Waals surface area contributed by atoms with Crippen molar-refractivity contribution in [3.8, 4) is 0 Å². The summed E-state index contributed by atoms with van der Waals surface area (Å²) in [5.74, 6) is 0.780. The third kappa shape index (κ3) is 2.88. The monoisotopic (exact) mass is 283 g/mol. The van der Waals surface area contributed by atoms with Crippen LogP contribution in [0.25, 0.3) is 0 Å². The molecule has 1 aromatic carbocycles. The third-order valence-electron chi connectivity index (χ3n) is 4.59. The maximum Gasteiger partial charge on any atom is 0.0644 e. The highest BCUT2D eigenvalue weighted by molar-refractivity contribution is 5.36. The van der Waals surface area contributed by atoms with Crippen molar-refractivity contribution >= 4 is 0 Å². The quantitative estimate of drug-likeness (QED) is 0.907. The summed E-state index contributed by atoms with van der Waals surface area (Å²) in [6.45, 7) is 5.20. The lowest BCUT2D eigenvalue weighted by Crippen LogP contribution is -2.22. The van der Waals surface area contributed by atoms with Gasteiger partial charge in [0.15, 0.2) is 0 Å². The van der Waals surface area contributed by atoms with Crippen molar-refractivity contribution in [1.82, 2.24) is 15.1 Å². The van der Waals surface area contributed by atoms with Gasteiger partial charge in [0.25, 0.3) is 0 Å². The number of aryl methyl sites for hydroxylation is 2. The highest BCUT2D eigenvalue weighted by Crippen LogP contribution is 2.37.